The molecule has 0 aliphatic heterocycles. The first-order valence-electron chi connectivity index (χ1n) is 9.21. The molecule has 158 valence electrons. The highest BCUT2D eigenvalue weighted by molar-refractivity contribution is 7.85. The summed E-state index contributed by atoms with van der Waals surface area (Å²) in [7, 11) is -1.02. The van der Waals surface area contributed by atoms with Gasteiger partial charge in [0.25, 0.3) is 10.1 Å². The smallest absolute Gasteiger partial charge is 0.294 e. The minimum absolute atomic E-state index is 0.189. The normalized spacial score (nSPS) is 11.5. The van der Waals surface area contributed by atoms with Crippen LogP contribution < -0.4 is 10.1 Å². The molecule has 7 nitrogen and oxygen atoms in total. The van der Waals surface area contributed by atoms with Crippen LogP contribution in [-0.2, 0) is 10.1 Å². The van der Waals surface area contributed by atoms with Crippen LogP contribution in [0.1, 0.15) is 0 Å². The topological polar surface area (TPSA) is 101 Å². The number of aromatic nitrogens is 2. The van der Waals surface area contributed by atoms with Gasteiger partial charge in [0.1, 0.15) is 5.52 Å². The monoisotopic (exact) mass is 455 g/mol. The summed E-state index contributed by atoms with van der Waals surface area (Å²) in [5.41, 5.74) is 3.70. The molecule has 0 aliphatic carbocycles. The van der Waals surface area contributed by atoms with Gasteiger partial charge in [0.2, 0.25) is 5.95 Å². The van der Waals surface area contributed by atoms with Gasteiger partial charge in [-0.1, -0.05) is 35.9 Å². The van der Waals surface area contributed by atoms with Gasteiger partial charge in [-0.2, -0.15) is 8.42 Å². The summed E-state index contributed by atoms with van der Waals surface area (Å²) in [6.45, 7) is 0. The number of hydrogen-bond acceptors (Lipinski definition) is 6. The maximum Gasteiger partial charge on any atom is 0.294 e. The molecular formula is C22H18ClN3O4S. The molecule has 0 bridgehead atoms. The van der Waals surface area contributed by atoms with Crippen LogP contribution in [0.15, 0.2) is 65.7 Å². The van der Waals surface area contributed by atoms with Crippen LogP contribution in [0.5, 0.6) is 5.75 Å². The van der Waals surface area contributed by atoms with Gasteiger partial charge in [0, 0.05) is 29.2 Å². The number of ether oxygens (including phenoxy) is 1. The first-order valence-corrected chi connectivity index (χ1v) is 11.0. The first kappa shape index (κ1) is 21.0. The van der Waals surface area contributed by atoms with Crippen molar-refractivity contribution in [3.05, 3.63) is 65.8 Å². The van der Waals surface area contributed by atoms with Crippen molar-refractivity contribution in [3.8, 4) is 28.0 Å². The van der Waals surface area contributed by atoms with Crippen molar-refractivity contribution < 1.29 is 17.7 Å². The van der Waals surface area contributed by atoms with E-state index in [1.807, 2.05) is 24.3 Å². The van der Waals surface area contributed by atoms with Gasteiger partial charge in [0.15, 0.2) is 5.75 Å². The average molecular weight is 456 g/mol. The summed E-state index contributed by atoms with van der Waals surface area (Å²) in [5, 5.41) is 4.29. The third-order valence-corrected chi connectivity index (χ3v) is 5.96. The predicted octanol–water partition coefficient (Wildman–Crippen LogP) is 4.91. The second-order valence-corrected chi connectivity index (χ2v) is 8.58. The molecule has 0 atom stereocenters. The van der Waals surface area contributed by atoms with E-state index in [-0.39, 0.29) is 4.90 Å². The molecule has 0 spiro atoms. The van der Waals surface area contributed by atoms with E-state index in [0.29, 0.717) is 33.4 Å². The third kappa shape index (κ3) is 4.05. The Hall–Kier alpha value is -3.20. The zero-order valence-corrected chi connectivity index (χ0v) is 18.2. The Labute approximate surface area is 184 Å². The Bertz CT molecular complexity index is 1390. The summed E-state index contributed by atoms with van der Waals surface area (Å²) in [6.07, 6.45) is 1.72. The van der Waals surface area contributed by atoms with Crippen LogP contribution in [0, 0.1) is 0 Å². The minimum atomic E-state index is -4.29. The summed E-state index contributed by atoms with van der Waals surface area (Å²) < 4.78 is 37.8. The van der Waals surface area contributed by atoms with Gasteiger partial charge in [-0.05, 0) is 47.0 Å². The number of rotatable bonds is 5. The summed E-state index contributed by atoms with van der Waals surface area (Å²) in [5.74, 6) is 0.945. The van der Waals surface area contributed by atoms with Crippen molar-refractivity contribution in [3.63, 3.8) is 0 Å². The van der Waals surface area contributed by atoms with Gasteiger partial charge in [-0.25, -0.2) is 9.97 Å². The van der Waals surface area contributed by atoms with Crippen molar-refractivity contribution in [1.29, 1.82) is 0 Å². The first-order chi connectivity index (χ1) is 14.8. The van der Waals surface area contributed by atoms with Gasteiger partial charge < -0.3 is 10.1 Å². The van der Waals surface area contributed by atoms with Gasteiger partial charge in [0.05, 0.1) is 12.0 Å². The fourth-order valence-electron chi connectivity index (χ4n) is 3.41. The van der Waals surface area contributed by atoms with E-state index in [0.717, 1.165) is 16.5 Å². The quantitative estimate of drug-likeness (QED) is 0.412. The average Bonchev–Trinajstić information content (AvgIpc) is 2.77. The fraction of sp³-hybridized carbons (Fsp3) is 0.0909. The van der Waals surface area contributed by atoms with Crippen molar-refractivity contribution in [2.24, 2.45) is 0 Å². The SMILES string of the molecule is CNc1ncc2c(-c3cccc(Cl)c3)cc(-c3ccc(S(=O)(=O)O)cc3)c(OC)c2n1. The number of nitrogens with zero attached hydrogens (tertiary/aromatic N) is 2. The zero-order chi connectivity index (χ0) is 22.2. The molecule has 0 saturated heterocycles. The molecule has 0 unspecified atom stereocenters. The van der Waals surface area contributed by atoms with Crippen LogP contribution in [0.25, 0.3) is 33.2 Å². The number of benzene rings is 3. The number of halogens is 1. The molecular weight excluding hydrogens is 438 g/mol. The lowest BCUT2D eigenvalue weighted by Crippen LogP contribution is -2.00. The molecule has 9 heteroatoms. The molecule has 3 aromatic carbocycles. The Morgan fingerprint density at radius 2 is 1.77 bits per heavy atom. The van der Waals surface area contributed by atoms with Crippen molar-refractivity contribution in [2.75, 3.05) is 19.5 Å². The largest absolute Gasteiger partial charge is 0.494 e. The van der Waals surface area contributed by atoms with Crippen LogP contribution in [0.2, 0.25) is 5.02 Å². The Morgan fingerprint density at radius 3 is 2.39 bits per heavy atom. The molecule has 2 N–H and O–H groups in total. The van der Waals surface area contributed by atoms with Crippen LogP contribution >= 0.6 is 11.6 Å². The van der Waals surface area contributed by atoms with Crippen molar-refractivity contribution in [2.45, 2.75) is 4.90 Å². The Balaban J connectivity index is 2.04. The lowest BCUT2D eigenvalue weighted by Gasteiger charge is -2.16. The Kier molecular flexibility index (Phi) is 5.53. The summed E-state index contributed by atoms with van der Waals surface area (Å²) in [6, 6.07) is 15.3. The van der Waals surface area contributed by atoms with Gasteiger partial charge in [-0.15, -0.1) is 0 Å². The number of nitrogens with one attached hydrogen (secondary N) is 1. The molecule has 4 aromatic rings. The highest BCUT2D eigenvalue weighted by Crippen LogP contribution is 2.42. The standard InChI is InChI=1S/C22H18ClN3O4S/c1-24-22-25-12-19-17(14-4-3-5-15(23)10-14)11-18(21(30-2)20(19)26-22)13-6-8-16(9-7-13)31(27,28)29/h3-12H,1-2H3,(H,24,25,26)(H,27,28,29). The summed E-state index contributed by atoms with van der Waals surface area (Å²) >= 11 is 6.22. The number of hydrogen-bond donors (Lipinski definition) is 2. The van der Waals surface area contributed by atoms with E-state index in [2.05, 4.69) is 15.3 Å². The minimum Gasteiger partial charge on any atom is -0.494 e. The van der Waals surface area contributed by atoms with Gasteiger partial charge in [-0.3, -0.25) is 4.55 Å². The molecule has 0 aliphatic rings. The van der Waals surface area contributed by atoms with Gasteiger partial charge >= 0.3 is 0 Å². The molecule has 4 rings (SSSR count). The Morgan fingerprint density at radius 1 is 1.03 bits per heavy atom. The highest BCUT2D eigenvalue weighted by Gasteiger charge is 2.19. The molecule has 1 heterocycles. The van der Waals surface area contributed by atoms with E-state index in [1.165, 1.54) is 12.1 Å². The fourth-order valence-corrected chi connectivity index (χ4v) is 4.08. The van der Waals surface area contributed by atoms with E-state index in [4.69, 9.17) is 16.3 Å². The second-order valence-electron chi connectivity index (χ2n) is 6.72. The van der Waals surface area contributed by atoms with E-state index in [9.17, 15) is 13.0 Å². The molecule has 31 heavy (non-hydrogen) atoms. The lowest BCUT2D eigenvalue weighted by atomic mass is 9.94. The van der Waals surface area contributed by atoms with Crippen molar-refractivity contribution >= 4 is 38.6 Å². The molecule has 0 saturated carbocycles. The number of fused-ring (bicyclic) bond motifs is 1. The lowest BCUT2D eigenvalue weighted by molar-refractivity contribution is 0.420. The van der Waals surface area contributed by atoms with Crippen LogP contribution in [-0.4, -0.2) is 37.1 Å². The summed E-state index contributed by atoms with van der Waals surface area (Å²) in [4.78, 5) is 8.76. The number of anilines is 1. The van der Waals surface area contributed by atoms with Crippen LogP contribution in [0.3, 0.4) is 0 Å². The molecule has 0 radical (unpaired) electrons. The molecule has 0 fully saturated rings. The highest BCUT2D eigenvalue weighted by atomic mass is 35.5. The zero-order valence-electron chi connectivity index (χ0n) is 16.6. The van der Waals surface area contributed by atoms with E-state index < -0.39 is 10.1 Å². The number of methoxy groups -OCH3 is 1. The molecule has 1 aromatic heterocycles. The second kappa shape index (κ2) is 8.14. The third-order valence-electron chi connectivity index (χ3n) is 4.85. The van der Waals surface area contributed by atoms with Crippen molar-refractivity contribution in [1.82, 2.24) is 9.97 Å². The maximum absolute atomic E-state index is 11.4. The molecule has 0 amide bonds. The van der Waals surface area contributed by atoms with E-state index in [1.54, 1.807) is 38.6 Å². The van der Waals surface area contributed by atoms with E-state index >= 15 is 0 Å². The maximum atomic E-state index is 11.4. The van der Waals surface area contributed by atoms with Crippen LogP contribution in [0.4, 0.5) is 5.95 Å². The predicted molar refractivity (Wildman–Crippen MR) is 121 cm³/mol.